The van der Waals surface area contributed by atoms with Gasteiger partial charge in [-0.3, -0.25) is 9.59 Å². The van der Waals surface area contributed by atoms with Crippen molar-refractivity contribution in [1.82, 2.24) is 15.0 Å². The highest BCUT2D eigenvalue weighted by molar-refractivity contribution is 5.94. The molecule has 0 bridgehead atoms. The normalized spacial score (nSPS) is 10.2. The zero-order chi connectivity index (χ0) is 23.7. The maximum absolute atomic E-state index is 14.2. The van der Waals surface area contributed by atoms with Crippen LogP contribution < -0.4 is 10.5 Å². The number of carboxylic acids is 1. The van der Waals surface area contributed by atoms with Gasteiger partial charge in [0.2, 0.25) is 5.89 Å². The number of nitrogens with zero attached hydrogens (tertiary/aromatic N) is 3. The maximum atomic E-state index is 14.2. The number of halogens is 1. The van der Waals surface area contributed by atoms with Crippen LogP contribution in [0.2, 0.25) is 0 Å². The molecule has 0 saturated carbocycles. The van der Waals surface area contributed by atoms with Crippen LogP contribution in [0, 0.1) is 12.7 Å². The number of aliphatic carboxylic acids is 1. The fourth-order valence-corrected chi connectivity index (χ4v) is 2.64. The Morgan fingerprint density at radius 1 is 1.19 bits per heavy atom. The van der Waals surface area contributed by atoms with Crippen LogP contribution >= 0.6 is 0 Å². The number of benzene rings is 2. The smallest absolute Gasteiger partial charge is 0.300 e. The van der Waals surface area contributed by atoms with Gasteiger partial charge in [0, 0.05) is 14.0 Å². The van der Waals surface area contributed by atoms with Crippen LogP contribution in [0.25, 0.3) is 0 Å². The summed E-state index contributed by atoms with van der Waals surface area (Å²) < 4.78 is 25.0. The van der Waals surface area contributed by atoms with Crippen molar-refractivity contribution in [2.24, 2.45) is 5.73 Å². The number of hydrogen-bond donors (Lipinski definition) is 2. The van der Waals surface area contributed by atoms with Crippen molar-refractivity contribution in [3.05, 3.63) is 71.1 Å². The molecule has 3 rings (SSSR count). The summed E-state index contributed by atoms with van der Waals surface area (Å²) in [5.74, 6) is -0.297. The summed E-state index contributed by atoms with van der Waals surface area (Å²) in [5.41, 5.74) is 6.54. The van der Waals surface area contributed by atoms with E-state index in [9.17, 15) is 9.18 Å². The minimum atomic E-state index is -0.833. The third-order valence-electron chi connectivity index (χ3n) is 4.05. The number of aromatic nitrogens is 2. The molecule has 0 atom stereocenters. The molecule has 1 amide bonds. The molecule has 3 N–H and O–H groups in total. The SMILES string of the molecule is CC(=O)O.Cc1noc(CN(C)C(=O)c2cc(Oc3ccc(CCN)cc3)ccc2F)n1. The first kappa shape index (κ1) is 24.5. The zero-order valence-electron chi connectivity index (χ0n) is 18.0. The largest absolute Gasteiger partial charge is 0.481 e. The number of carbonyl (C=O) groups is 2. The Morgan fingerprint density at radius 2 is 1.81 bits per heavy atom. The summed E-state index contributed by atoms with van der Waals surface area (Å²) in [7, 11) is 1.53. The molecule has 0 spiro atoms. The van der Waals surface area contributed by atoms with Crippen molar-refractivity contribution >= 4 is 11.9 Å². The van der Waals surface area contributed by atoms with Gasteiger partial charge in [0.1, 0.15) is 17.3 Å². The Kier molecular flexibility index (Phi) is 8.84. The van der Waals surface area contributed by atoms with Crippen LogP contribution in [-0.4, -0.2) is 45.6 Å². The second-order valence-corrected chi connectivity index (χ2v) is 6.84. The number of carboxylic acid groups (broad SMARTS) is 1. The fourth-order valence-electron chi connectivity index (χ4n) is 2.64. The molecular formula is C22H25FN4O5. The molecule has 9 nitrogen and oxygen atoms in total. The number of amides is 1. The second-order valence-electron chi connectivity index (χ2n) is 6.84. The van der Waals surface area contributed by atoms with Crippen LogP contribution in [0.3, 0.4) is 0 Å². The maximum Gasteiger partial charge on any atom is 0.300 e. The van der Waals surface area contributed by atoms with E-state index in [2.05, 4.69) is 10.1 Å². The van der Waals surface area contributed by atoms with Crippen LogP contribution in [0.4, 0.5) is 4.39 Å². The second kappa shape index (κ2) is 11.6. The minimum Gasteiger partial charge on any atom is -0.481 e. The Labute approximate surface area is 184 Å². The predicted molar refractivity (Wildman–Crippen MR) is 114 cm³/mol. The third-order valence-corrected chi connectivity index (χ3v) is 4.05. The summed E-state index contributed by atoms with van der Waals surface area (Å²) >= 11 is 0. The number of aryl methyl sites for hydroxylation is 1. The lowest BCUT2D eigenvalue weighted by molar-refractivity contribution is -0.134. The van der Waals surface area contributed by atoms with E-state index in [0.717, 1.165) is 18.9 Å². The highest BCUT2D eigenvalue weighted by atomic mass is 19.1. The minimum absolute atomic E-state index is 0.0762. The molecule has 0 unspecified atom stereocenters. The molecule has 1 aromatic heterocycles. The highest BCUT2D eigenvalue weighted by Crippen LogP contribution is 2.25. The molecule has 0 fully saturated rings. The van der Waals surface area contributed by atoms with Crippen molar-refractivity contribution in [1.29, 1.82) is 0 Å². The molecule has 32 heavy (non-hydrogen) atoms. The predicted octanol–water partition coefficient (Wildman–Crippen LogP) is 3.17. The van der Waals surface area contributed by atoms with Gasteiger partial charge in [-0.15, -0.1) is 0 Å². The summed E-state index contributed by atoms with van der Waals surface area (Å²) in [5, 5.41) is 11.1. The van der Waals surface area contributed by atoms with Crippen LogP contribution in [0.15, 0.2) is 47.0 Å². The standard InChI is InChI=1S/C20H21FN4O3.C2H4O2/c1-13-23-19(28-24-13)12-25(2)20(26)17-11-16(7-8-18(17)21)27-15-5-3-14(4-6-15)9-10-22;1-2(3)4/h3-8,11H,9-10,12,22H2,1-2H3;1H3,(H,3,4). The first-order valence-corrected chi connectivity index (χ1v) is 9.70. The van der Waals surface area contributed by atoms with Gasteiger partial charge in [-0.05, 0) is 55.8 Å². The van der Waals surface area contributed by atoms with E-state index < -0.39 is 17.7 Å². The van der Waals surface area contributed by atoms with Crippen LogP contribution in [-0.2, 0) is 17.8 Å². The summed E-state index contributed by atoms with van der Waals surface area (Å²) in [6, 6.07) is 11.5. The molecule has 170 valence electrons. The molecule has 0 aliphatic carbocycles. The number of ether oxygens (including phenoxy) is 1. The highest BCUT2D eigenvalue weighted by Gasteiger charge is 2.19. The quantitative estimate of drug-likeness (QED) is 0.568. The van der Waals surface area contributed by atoms with E-state index in [4.69, 9.17) is 24.9 Å². The molecule has 2 aromatic carbocycles. The monoisotopic (exact) mass is 444 g/mol. The van der Waals surface area contributed by atoms with E-state index in [0.29, 0.717) is 23.9 Å². The molecule has 3 aromatic rings. The number of nitrogens with two attached hydrogens (primary N) is 1. The van der Waals surface area contributed by atoms with Crippen LogP contribution in [0.1, 0.15) is 34.6 Å². The zero-order valence-corrected chi connectivity index (χ0v) is 18.0. The topological polar surface area (TPSA) is 132 Å². The molecule has 0 aliphatic rings. The average Bonchev–Trinajstić information content (AvgIpc) is 3.14. The molecule has 0 radical (unpaired) electrons. The van der Waals surface area contributed by atoms with Gasteiger partial charge in [0.25, 0.3) is 11.9 Å². The first-order valence-electron chi connectivity index (χ1n) is 9.70. The van der Waals surface area contributed by atoms with Gasteiger partial charge in [0.15, 0.2) is 5.82 Å². The van der Waals surface area contributed by atoms with E-state index >= 15 is 0 Å². The third kappa shape index (κ3) is 7.47. The van der Waals surface area contributed by atoms with E-state index in [1.54, 1.807) is 19.1 Å². The fraction of sp³-hybridized carbons (Fsp3) is 0.273. The first-order chi connectivity index (χ1) is 15.2. The summed E-state index contributed by atoms with van der Waals surface area (Å²) in [6.07, 6.45) is 0.779. The molecule has 1 heterocycles. The Hall–Kier alpha value is -3.79. The van der Waals surface area contributed by atoms with E-state index in [1.165, 1.54) is 30.1 Å². The van der Waals surface area contributed by atoms with Crippen molar-refractivity contribution in [3.8, 4) is 11.5 Å². The lowest BCUT2D eigenvalue weighted by atomic mass is 10.1. The van der Waals surface area contributed by atoms with Gasteiger partial charge in [-0.25, -0.2) is 4.39 Å². The van der Waals surface area contributed by atoms with E-state index in [1.807, 2.05) is 12.1 Å². The lowest BCUT2D eigenvalue weighted by Crippen LogP contribution is -2.27. The van der Waals surface area contributed by atoms with Crippen molar-refractivity contribution in [2.75, 3.05) is 13.6 Å². The van der Waals surface area contributed by atoms with Crippen LogP contribution in [0.5, 0.6) is 11.5 Å². The number of hydrogen-bond acceptors (Lipinski definition) is 7. The molecule has 0 aliphatic heterocycles. The Morgan fingerprint density at radius 3 is 2.38 bits per heavy atom. The van der Waals surface area contributed by atoms with Crippen molar-refractivity contribution < 1.29 is 28.3 Å². The molecule has 0 saturated heterocycles. The molecular weight excluding hydrogens is 419 g/mol. The summed E-state index contributed by atoms with van der Waals surface area (Å²) in [4.78, 5) is 27.0. The van der Waals surface area contributed by atoms with Crippen molar-refractivity contribution in [3.63, 3.8) is 0 Å². The van der Waals surface area contributed by atoms with Gasteiger partial charge < -0.3 is 25.0 Å². The lowest BCUT2D eigenvalue weighted by Gasteiger charge is -2.16. The number of rotatable bonds is 7. The van der Waals surface area contributed by atoms with E-state index in [-0.39, 0.29) is 18.0 Å². The number of carbonyl (C=O) groups excluding carboxylic acids is 1. The average molecular weight is 444 g/mol. The van der Waals surface area contributed by atoms with Gasteiger partial charge >= 0.3 is 0 Å². The summed E-state index contributed by atoms with van der Waals surface area (Å²) in [6.45, 7) is 3.41. The van der Waals surface area contributed by atoms with Crippen molar-refractivity contribution in [2.45, 2.75) is 26.8 Å². The van der Waals surface area contributed by atoms with Gasteiger partial charge in [0.05, 0.1) is 12.1 Å². The molecule has 10 heteroatoms. The Balaban J connectivity index is 0.000000837. The van der Waals surface area contributed by atoms with Gasteiger partial charge in [-0.2, -0.15) is 4.98 Å². The van der Waals surface area contributed by atoms with Gasteiger partial charge in [-0.1, -0.05) is 17.3 Å². The Bertz CT molecular complexity index is 1050.